The molecule has 23 heavy (non-hydrogen) atoms. The van der Waals surface area contributed by atoms with Gasteiger partial charge in [0.25, 0.3) is 0 Å². The fourth-order valence-electron chi connectivity index (χ4n) is 2.63. The molecule has 1 saturated heterocycles. The number of ether oxygens (including phenoxy) is 1. The summed E-state index contributed by atoms with van der Waals surface area (Å²) < 4.78 is 5.32. The summed E-state index contributed by atoms with van der Waals surface area (Å²) in [6.07, 6.45) is -0.225. The number of hydrogen-bond acceptors (Lipinski definition) is 3. The van der Waals surface area contributed by atoms with E-state index in [0.29, 0.717) is 11.6 Å². The zero-order valence-electron chi connectivity index (χ0n) is 14.1. The molecule has 124 valence electrons. The highest BCUT2D eigenvalue weighted by atomic mass is 16.5. The second-order valence-electron chi connectivity index (χ2n) is 6.39. The van der Waals surface area contributed by atoms with E-state index in [1.165, 1.54) is 5.56 Å². The number of carbonyl (C=O) groups is 2. The molecule has 1 fully saturated rings. The second kappa shape index (κ2) is 6.86. The van der Waals surface area contributed by atoms with Crippen LogP contribution in [0.5, 0.6) is 0 Å². The monoisotopic (exact) mass is 316 g/mol. The number of amides is 2. The predicted octanol–water partition coefficient (Wildman–Crippen LogP) is 3.25. The average molecular weight is 316 g/mol. The Morgan fingerprint density at radius 3 is 2.30 bits per heavy atom. The zero-order chi connectivity index (χ0) is 17.1. The summed E-state index contributed by atoms with van der Waals surface area (Å²) in [7, 11) is 0. The number of carbonyl (C=O) groups excluding carboxylic acids is 2. The van der Waals surface area contributed by atoms with Crippen molar-refractivity contribution >= 4 is 12.0 Å². The SMILES string of the molecule is C=C1NC(=O)NC(c2ccc(C(C)C)cc2)C1C(=O)OC(C)C. The molecule has 1 aromatic rings. The topological polar surface area (TPSA) is 67.4 Å². The van der Waals surface area contributed by atoms with Crippen LogP contribution in [0.4, 0.5) is 4.79 Å². The van der Waals surface area contributed by atoms with Gasteiger partial charge < -0.3 is 15.4 Å². The molecule has 0 bridgehead atoms. The van der Waals surface area contributed by atoms with Crippen LogP contribution in [0, 0.1) is 5.92 Å². The molecule has 2 atom stereocenters. The standard InChI is InChI=1S/C18H24N2O3/c1-10(2)13-6-8-14(9-7-13)16-15(17(21)23-11(3)4)12(5)19-18(22)20-16/h6-11,15-16H,5H2,1-4H3,(H2,19,20,22). The Morgan fingerprint density at radius 2 is 1.78 bits per heavy atom. The molecule has 0 spiro atoms. The summed E-state index contributed by atoms with van der Waals surface area (Å²) >= 11 is 0. The highest BCUT2D eigenvalue weighted by Crippen LogP contribution is 2.31. The number of rotatable bonds is 4. The minimum absolute atomic E-state index is 0.225. The molecular weight excluding hydrogens is 292 g/mol. The van der Waals surface area contributed by atoms with Crippen LogP contribution in [0.2, 0.25) is 0 Å². The quantitative estimate of drug-likeness (QED) is 0.838. The highest BCUT2D eigenvalue weighted by Gasteiger charge is 2.39. The van der Waals surface area contributed by atoms with Crippen LogP contribution in [0.3, 0.4) is 0 Å². The maximum Gasteiger partial charge on any atom is 0.319 e. The Labute approximate surface area is 137 Å². The first-order chi connectivity index (χ1) is 10.8. The fourth-order valence-corrected chi connectivity index (χ4v) is 2.63. The summed E-state index contributed by atoms with van der Waals surface area (Å²) in [4.78, 5) is 24.2. The summed E-state index contributed by atoms with van der Waals surface area (Å²) in [5.41, 5.74) is 2.42. The highest BCUT2D eigenvalue weighted by molar-refractivity contribution is 5.85. The first-order valence-corrected chi connectivity index (χ1v) is 7.86. The van der Waals surface area contributed by atoms with Crippen molar-refractivity contribution in [2.24, 2.45) is 5.92 Å². The molecule has 2 rings (SSSR count). The van der Waals surface area contributed by atoms with E-state index in [0.717, 1.165) is 5.56 Å². The number of nitrogens with one attached hydrogen (secondary N) is 2. The van der Waals surface area contributed by atoms with E-state index in [-0.39, 0.29) is 12.1 Å². The van der Waals surface area contributed by atoms with E-state index in [9.17, 15) is 9.59 Å². The first kappa shape index (κ1) is 17.1. The third-order valence-electron chi connectivity index (χ3n) is 3.84. The Kier molecular flexibility index (Phi) is 5.08. The maximum atomic E-state index is 12.4. The largest absolute Gasteiger partial charge is 0.462 e. The molecule has 5 heteroatoms. The van der Waals surface area contributed by atoms with Crippen molar-refractivity contribution in [3.63, 3.8) is 0 Å². The Bertz CT molecular complexity index is 605. The van der Waals surface area contributed by atoms with Gasteiger partial charge in [-0.1, -0.05) is 44.7 Å². The van der Waals surface area contributed by atoms with Gasteiger partial charge in [-0.25, -0.2) is 4.79 Å². The van der Waals surface area contributed by atoms with Gasteiger partial charge in [0.05, 0.1) is 12.1 Å². The fraction of sp³-hybridized carbons (Fsp3) is 0.444. The van der Waals surface area contributed by atoms with Crippen LogP contribution in [0.15, 0.2) is 36.5 Å². The van der Waals surface area contributed by atoms with Gasteiger partial charge in [-0.05, 0) is 30.9 Å². The van der Waals surface area contributed by atoms with Crippen molar-refractivity contribution in [3.05, 3.63) is 47.7 Å². The molecule has 1 heterocycles. The number of esters is 1. The number of benzene rings is 1. The lowest BCUT2D eigenvalue weighted by atomic mass is 9.88. The van der Waals surface area contributed by atoms with Gasteiger partial charge >= 0.3 is 12.0 Å². The van der Waals surface area contributed by atoms with Crippen molar-refractivity contribution in [3.8, 4) is 0 Å². The van der Waals surface area contributed by atoms with E-state index in [1.807, 2.05) is 24.3 Å². The summed E-state index contributed by atoms with van der Waals surface area (Å²) in [5, 5.41) is 5.37. The van der Waals surface area contributed by atoms with Crippen LogP contribution in [0.25, 0.3) is 0 Å². The van der Waals surface area contributed by atoms with Gasteiger partial charge in [0, 0.05) is 5.70 Å². The van der Waals surface area contributed by atoms with Crippen LogP contribution in [0.1, 0.15) is 50.8 Å². The lowest BCUT2D eigenvalue weighted by molar-refractivity contribution is -0.152. The number of urea groups is 1. The normalized spacial score (nSPS) is 21.1. The predicted molar refractivity (Wildman–Crippen MR) is 88.8 cm³/mol. The Hall–Kier alpha value is -2.30. The van der Waals surface area contributed by atoms with Gasteiger partial charge in [0.15, 0.2) is 0 Å². The smallest absolute Gasteiger partial charge is 0.319 e. The van der Waals surface area contributed by atoms with Gasteiger partial charge in [0.1, 0.15) is 5.92 Å². The molecule has 2 unspecified atom stereocenters. The molecule has 1 aromatic carbocycles. The molecule has 0 saturated carbocycles. The van der Waals surface area contributed by atoms with Crippen molar-refractivity contribution in [2.75, 3.05) is 0 Å². The van der Waals surface area contributed by atoms with E-state index < -0.39 is 17.9 Å². The average Bonchev–Trinajstić information content (AvgIpc) is 2.45. The number of hydrogen-bond donors (Lipinski definition) is 2. The molecule has 0 aliphatic carbocycles. The van der Waals surface area contributed by atoms with Gasteiger partial charge in [0.2, 0.25) is 0 Å². The van der Waals surface area contributed by atoms with Crippen LogP contribution < -0.4 is 10.6 Å². The van der Waals surface area contributed by atoms with Crippen LogP contribution >= 0.6 is 0 Å². The Morgan fingerprint density at radius 1 is 1.17 bits per heavy atom. The molecule has 5 nitrogen and oxygen atoms in total. The molecular formula is C18H24N2O3. The van der Waals surface area contributed by atoms with Gasteiger partial charge in [-0.3, -0.25) is 4.79 Å². The summed E-state index contributed by atoms with van der Waals surface area (Å²) in [6, 6.07) is 7.07. The third kappa shape index (κ3) is 3.92. The lowest BCUT2D eigenvalue weighted by Gasteiger charge is -2.33. The molecule has 0 radical (unpaired) electrons. The minimum Gasteiger partial charge on any atom is -0.462 e. The lowest BCUT2D eigenvalue weighted by Crippen LogP contribution is -2.51. The van der Waals surface area contributed by atoms with Gasteiger partial charge in [-0.15, -0.1) is 0 Å². The molecule has 1 aliphatic heterocycles. The minimum atomic E-state index is -0.653. The third-order valence-corrected chi connectivity index (χ3v) is 3.84. The van der Waals surface area contributed by atoms with E-state index in [4.69, 9.17) is 4.74 Å². The maximum absolute atomic E-state index is 12.4. The van der Waals surface area contributed by atoms with Gasteiger partial charge in [-0.2, -0.15) is 0 Å². The zero-order valence-corrected chi connectivity index (χ0v) is 14.1. The summed E-state index contributed by atoms with van der Waals surface area (Å²) in [5.74, 6) is -0.626. The van der Waals surface area contributed by atoms with Crippen molar-refractivity contribution in [2.45, 2.75) is 45.8 Å². The molecule has 1 aliphatic rings. The van der Waals surface area contributed by atoms with E-state index >= 15 is 0 Å². The van der Waals surface area contributed by atoms with Crippen LogP contribution in [-0.2, 0) is 9.53 Å². The first-order valence-electron chi connectivity index (χ1n) is 7.86. The molecule has 0 aromatic heterocycles. The van der Waals surface area contributed by atoms with Crippen LogP contribution in [-0.4, -0.2) is 18.1 Å². The molecule has 2 N–H and O–H groups in total. The Balaban J connectivity index is 2.32. The van der Waals surface area contributed by atoms with E-state index in [2.05, 4.69) is 31.1 Å². The second-order valence-corrected chi connectivity index (χ2v) is 6.39. The molecule has 2 amide bonds. The van der Waals surface area contributed by atoms with Crippen molar-refractivity contribution in [1.29, 1.82) is 0 Å². The van der Waals surface area contributed by atoms with E-state index in [1.54, 1.807) is 13.8 Å². The van der Waals surface area contributed by atoms with Crippen molar-refractivity contribution in [1.82, 2.24) is 10.6 Å². The summed E-state index contributed by atoms with van der Waals surface area (Å²) in [6.45, 7) is 11.6. The van der Waals surface area contributed by atoms with Crippen molar-refractivity contribution < 1.29 is 14.3 Å².